The molecule has 3 rings (SSSR count). The van der Waals surface area contributed by atoms with Gasteiger partial charge in [-0.15, -0.1) is 0 Å². The molecule has 4 nitrogen and oxygen atoms in total. The van der Waals surface area contributed by atoms with Crippen molar-refractivity contribution in [1.29, 1.82) is 0 Å². The third-order valence-electron chi connectivity index (χ3n) is 3.83. The van der Waals surface area contributed by atoms with E-state index in [1.54, 1.807) is 0 Å². The van der Waals surface area contributed by atoms with Crippen molar-refractivity contribution in [2.45, 2.75) is 26.2 Å². The highest BCUT2D eigenvalue weighted by atomic mass is 16.2. The van der Waals surface area contributed by atoms with Gasteiger partial charge in [0, 0.05) is 19.5 Å². The number of aryl methyl sites for hydroxylation is 2. The van der Waals surface area contributed by atoms with E-state index >= 15 is 0 Å². The highest BCUT2D eigenvalue weighted by molar-refractivity contribution is 5.80. The smallest absolute Gasteiger partial charge is 0.223 e. The predicted octanol–water partition coefficient (Wildman–Crippen LogP) is 1.95. The lowest BCUT2D eigenvalue weighted by Gasteiger charge is -2.04. The molecule has 1 saturated carbocycles. The van der Waals surface area contributed by atoms with Crippen molar-refractivity contribution in [1.82, 2.24) is 14.9 Å². The Hall–Kier alpha value is -1.84. The van der Waals surface area contributed by atoms with Crippen molar-refractivity contribution in [3.63, 3.8) is 0 Å². The van der Waals surface area contributed by atoms with Gasteiger partial charge in [0.1, 0.15) is 5.82 Å². The molecule has 1 heterocycles. The number of carbonyl (C=O) groups is 1. The number of rotatable bonds is 4. The molecule has 1 aromatic carbocycles. The molecule has 100 valence electrons. The van der Waals surface area contributed by atoms with Gasteiger partial charge >= 0.3 is 0 Å². The summed E-state index contributed by atoms with van der Waals surface area (Å²) in [5, 5.41) is 2.99. The molecule has 0 spiro atoms. The number of fused-ring (bicyclic) bond motifs is 1. The zero-order valence-electron chi connectivity index (χ0n) is 11.4. The molecule has 0 radical (unpaired) electrons. The first-order chi connectivity index (χ1) is 9.15. The molecule has 1 N–H and O–H groups in total. The van der Waals surface area contributed by atoms with Crippen LogP contribution < -0.4 is 5.32 Å². The molecule has 0 bridgehead atoms. The normalized spacial score (nSPS) is 14.8. The van der Waals surface area contributed by atoms with Gasteiger partial charge in [-0.05, 0) is 43.9 Å². The first-order valence-electron chi connectivity index (χ1n) is 6.85. The number of imidazole rings is 1. The first-order valence-corrected chi connectivity index (χ1v) is 6.85. The molecule has 0 atom stereocenters. The Bertz CT molecular complexity index is 626. The Morgan fingerprint density at radius 1 is 1.47 bits per heavy atom. The summed E-state index contributed by atoms with van der Waals surface area (Å²) in [7, 11) is 2.03. The summed E-state index contributed by atoms with van der Waals surface area (Å²) in [5.74, 6) is 1.53. The molecule has 1 amide bonds. The fraction of sp³-hybridized carbons (Fsp3) is 0.467. The van der Waals surface area contributed by atoms with Gasteiger partial charge in [-0.1, -0.05) is 6.07 Å². The van der Waals surface area contributed by atoms with Gasteiger partial charge in [-0.2, -0.15) is 0 Å². The maximum Gasteiger partial charge on any atom is 0.223 e. The Morgan fingerprint density at radius 3 is 3.00 bits per heavy atom. The molecular weight excluding hydrogens is 238 g/mol. The topological polar surface area (TPSA) is 46.9 Å². The fourth-order valence-electron chi connectivity index (χ4n) is 2.34. The molecule has 0 aliphatic heterocycles. The largest absolute Gasteiger partial charge is 0.356 e. The fourth-order valence-corrected chi connectivity index (χ4v) is 2.34. The maximum atomic E-state index is 11.5. The van der Waals surface area contributed by atoms with Gasteiger partial charge in [-0.3, -0.25) is 4.79 Å². The molecule has 1 fully saturated rings. The number of nitrogens with one attached hydrogen (secondary N) is 1. The molecule has 2 aromatic rings. The summed E-state index contributed by atoms with van der Waals surface area (Å²) in [6.45, 7) is 2.72. The summed E-state index contributed by atoms with van der Waals surface area (Å²) in [6.07, 6.45) is 2.99. The minimum atomic E-state index is 0.217. The Kier molecular flexibility index (Phi) is 3.01. The number of carbonyl (C=O) groups excluding carboxylic acids is 1. The van der Waals surface area contributed by atoms with E-state index in [2.05, 4.69) is 33.1 Å². The number of benzene rings is 1. The van der Waals surface area contributed by atoms with Crippen LogP contribution in [0.5, 0.6) is 0 Å². The number of aromatic nitrogens is 2. The van der Waals surface area contributed by atoms with Crippen molar-refractivity contribution in [3.05, 3.63) is 29.6 Å². The summed E-state index contributed by atoms with van der Waals surface area (Å²) in [6, 6.07) is 6.34. The van der Waals surface area contributed by atoms with Gasteiger partial charge in [-0.25, -0.2) is 4.98 Å². The van der Waals surface area contributed by atoms with Crippen molar-refractivity contribution in [3.8, 4) is 0 Å². The van der Waals surface area contributed by atoms with Crippen LogP contribution in [0, 0.1) is 12.8 Å². The van der Waals surface area contributed by atoms with Crippen LogP contribution in [0.25, 0.3) is 11.0 Å². The second kappa shape index (κ2) is 4.68. The highest BCUT2D eigenvalue weighted by Crippen LogP contribution is 2.28. The maximum absolute atomic E-state index is 11.5. The van der Waals surface area contributed by atoms with Crippen LogP contribution in [-0.2, 0) is 18.3 Å². The van der Waals surface area contributed by atoms with Gasteiger partial charge in [0.15, 0.2) is 0 Å². The zero-order chi connectivity index (χ0) is 13.4. The van der Waals surface area contributed by atoms with Gasteiger partial charge in [0.2, 0.25) is 5.91 Å². The Morgan fingerprint density at radius 2 is 2.26 bits per heavy atom. The predicted molar refractivity (Wildman–Crippen MR) is 74.9 cm³/mol. The molecule has 1 aliphatic carbocycles. The molecule has 1 aliphatic rings. The SMILES string of the molecule is Cc1nc2cc(CCNC(=O)C3CC3)ccc2n1C. The average molecular weight is 257 g/mol. The summed E-state index contributed by atoms with van der Waals surface area (Å²) in [5.41, 5.74) is 3.41. The Balaban J connectivity index is 1.66. The summed E-state index contributed by atoms with van der Waals surface area (Å²) in [4.78, 5) is 16.1. The van der Waals surface area contributed by atoms with E-state index in [-0.39, 0.29) is 5.91 Å². The summed E-state index contributed by atoms with van der Waals surface area (Å²) >= 11 is 0. The molecule has 4 heteroatoms. The van der Waals surface area contributed by atoms with Crippen molar-refractivity contribution < 1.29 is 4.79 Å². The molecular formula is C15H19N3O. The molecule has 0 unspecified atom stereocenters. The average Bonchev–Trinajstić information content (AvgIpc) is 3.18. The standard InChI is InChI=1S/C15H19N3O/c1-10-17-13-9-11(3-6-14(13)18(10)2)7-8-16-15(19)12-4-5-12/h3,6,9,12H,4-5,7-8H2,1-2H3,(H,16,19). The van der Waals surface area contributed by atoms with Crippen LogP contribution in [0.3, 0.4) is 0 Å². The summed E-state index contributed by atoms with van der Waals surface area (Å²) < 4.78 is 2.09. The third kappa shape index (κ3) is 2.48. The van der Waals surface area contributed by atoms with E-state index in [1.807, 2.05) is 14.0 Å². The van der Waals surface area contributed by atoms with Crippen LogP contribution in [0.2, 0.25) is 0 Å². The highest BCUT2D eigenvalue weighted by Gasteiger charge is 2.28. The minimum absolute atomic E-state index is 0.217. The van der Waals surface area contributed by atoms with E-state index in [0.29, 0.717) is 12.5 Å². The van der Waals surface area contributed by atoms with Gasteiger partial charge in [0.25, 0.3) is 0 Å². The van der Waals surface area contributed by atoms with Gasteiger partial charge < -0.3 is 9.88 Å². The lowest BCUT2D eigenvalue weighted by molar-refractivity contribution is -0.122. The van der Waals surface area contributed by atoms with Crippen LogP contribution in [0.4, 0.5) is 0 Å². The quantitative estimate of drug-likeness (QED) is 0.910. The Labute approximate surface area is 112 Å². The van der Waals surface area contributed by atoms with Crippen molar-refractivity contribution in [2.75, 3.05) is 6.54 Å². The number of hydrogen-bond donors (Lipinski definition) is 1. The molecule has 0 saturated heterocycles. The van der Waals surface area contributed by atoms with Crippen LogP contribution in [-0.4, -0.2) is 22.0 Å². The van der Waals surface area contributed by atoms with E-state index in [4.69, 9.17) is 0 Å². The van der Waals surface area contributed by atoms with Crippen LogP contribution in [0.15, 0.2) is 18.2 Å². The van der Waals surface area contributed by atoms with Crippen molar-refractivity contribution >= 4 is 16.9 Å². The van der Waals surface area contributed by atoms with E-state index < -0.39 is 0 Å². The second-order valence-corrected chi connectivity index (χ2v) is 5.36. The van der Waals surface area contributed by atoms with E-state index in [9.17, 15) is 4.79 Å². The third-order valence-corrected chi connectivity index (χ3v) is 3.83. The van der Waals surface area contributed by atoms with Crippen molar-refractivity contribution in [2.24, 2.45) is 13.0 Å². The lowest BCUT2D eigenvalue weighted by Crippen LogP contribution is -2.26. The van der Waals surface area contributed by atoms with E-state index in [0.717, 1.165) is 36.1 Å². The minimum Gasteiger partial charge on any atom is -0.356 e. The van der Waals surface area contributed by atoms with Gasteiger partial charge in [0.05, 0.1) is 11.0 Å². The number of hydrogen-bond acceptors (Lipinski definition) is 2. The van der Waals surface area contributed by atoms with Crippen LogP contribution >= 0.6 is 0 Å². The molecule has 19 heavy (non-hydrogen) atoms. The molecule has 1 aromatic heterocycles. The van der Waals surface area contributed by atoms with Crippen LogP contribution in [0.1, 0.15) is 24.2 Å². The first kappa shape index (κ1) is 12.2. The van der Waals surface area contributed by atoms with E-state index in [1.165, 1.54) is 5.56 Å². The second-order valence-electron chi connectivity index (χ2n) is 5.36. The number of amides is 1. The number of nitrogens with zero attached hydrogens (tertiary/aromatic N) is 2. The zero-order valence-corrected chi connectivity index (χ0v) is 11.4. The lowest BCUT2D eigenvalue weighted by atomic mass is 10.1. The monoisotopic (exact) mass is 257 g/mol.